The summed E-state index contributed by atoms with van der Waals surface area (Å²) in [6.07, 6.45) is 1.95. The van der Waals surface area contributed by atoms with Crippen LogP contribution in [0.15, 0.2) is 35.2 Å². The zero-order chi connectivity index (χ0) is 15.2. The summed E-state index contributed by atoms with van der Waals surface area (Å²) in [5.74, 6) is -0.358. The number of nitrogens with two attached hydrogens (primary N) is 1. The van der Waals surface area contributed by atoms with E-state index in [9.17, 15) is 4.79 Å². The first-order valence-electron chi connectivity index (χ1n) is 6.58. The van der Waals surface area contributed by atoms with Crippen LogP contribution in [-0.2, 0) is 11.3 Å². The molecule has 0 radical (unpaired) electrons. The van der Waals surface area contributed by atoms with E-state index in [4.69, 9.17) is 10.5 Å². The van der Waals surface area contributed by atoms with Crippen molar-refractivity contribution in [3.05, 3.63) is 40.8 Å². The summed E-state index contributed by atoms with van der Waals surface area (Å²) in [5, 5.41) is 4.26. The molecule has 0 aliphatic heterocycles. The molecule has 2 aromatic rings. The van der Waals surface area contributed by atoms with Crippen LogP contribution < -0.4 is 11.1 Å². The topological polar surface area (TPSA) is 64.3 Å². The molecular formula is C15H18N2O2S2. The van der Waals surface area contributed by atoms with Gasteiger partial charge in [-0.25, -0.2) is 4.79 Å². The van der Waals surface area contributed by atoms with Crippen molar-refractivity contribution in [1.82, 2.24) is 0 Å². The smallest absolute Gasteiger partial charge is 0.350 e. The van der Waals surface area contributed by atoms with Crippen LogP contribution >= 0.6 is 23.1 Å². The Bertz CT molecular complexity index is 612. The number of nitrogens with one attached hydrogen (secondary N) is 1. The molecule has 0 aliphatic rings. The molecule has 0 bridgehead atoms. The Labute approximate surface area is 132 Å². The third-order valence-electron chi connectivity index (χ3n) is 2.86. The molecule has 1 aromatic carbocycles. The molecule has 1 heterocycles. The van der Waals surface area contributed by atoms with Gasteiger partial charge in [0.25, 0.3) is 0 Å². The number of hydrogen-bond donors (Lipinski definition) is 2. The Balaban J connectivity index is 2.19. The summed E-state index contributed by atoms with van der Waals surface area (Å²) in [4.78, 5) is 13.3. The number of anilines is 2. The summed E-state index contributed by atoms with van der Waals surface area (Å²) in [7, 11) is 0. The summed E-state index contributed by atoms with van der Waals surface area (Å²) in [6.45, 7) is 2.82. The SMILES string of the molecule is CCOC(=O)c1sc(NCc2ccccc2)c(SC)c1N. The molecule has 112 valence electrons. The van der Waals surface area contributed by atoms with Gasteiger partial charge in [-0.05, 0) is 18.7 Å². The van der Waals surface area contributed by atoms with Gasteiger partial charge in [0.2, 0.25) is 0 Å². The summed E-state index contributed by atoms with van der Waals surface area (Å²) in [6, 6.07) is 10.1. The van der Waals surface area contributed by atoms with Crippen LogP contribution in [0.1, 0.15) is 22.2 Å². The number of rotatable bonds is 6. The molecule has 4 nitrogen and oxygen atoms in total. The van der Waals surface area contributed by atoms with E-state index in [1.165, 1.54) is 28.7 Å². The highest BCUT2D eigenvalue weighted by molar-refractivity contribution is 7.99. The van der Waals surface area contributed by atoms with E-state index < -0.39 is 0 Å². The summed E-state index contributed by atoms with van der Waals surface area (Å²) < 4.78 is 5.04. The van der Waals surface area contributed by atoms with Crippen LogP contribution in [-0.4, -0.2) is 18.8 Å². The molecule has 0 aliphatic carbocycles. The maximum absolute atomic E-state index is 11.9. The first-order chi connectivity index (χ1) is 10.2. The molecule has 0 saturated carbocycles. The number of ether oxygens (including phenoxy) is 1. The second-order valence-electron chi connectivity index (χ2n) is 4.27. The van der Waals surface area contributed by atoms with Crippen molar-refractivity contribution in [2.24, 2.45) is 0 Å². The van der Waals surface area contributed by atoms with Crippen LogP contribution in [0.25, 0.3) is 0 Å². The Morgan fingerprint density at radius 1 is 1.38 bits per heavy atom. The molecule has 3 N–H and O–H groups in total. The van der Waals surface area contributed by atoms with Crippen LogP contribution in [0.5, 0.6) is 0 Å². The Morgan fingerprint density at radius 3 is 2.71 bits per heavy atom. The lowest BCUT2D eigenvalue weighted by Gasteiger charge is -2.06. The maximum atomic E-state index is 11.9. The Morgan fingerprint density at radius 2 is 2.10 bits per heavy atom. The van der Waals surface area contributed by atoms with Crippen LogP contribution in [0.2, 0.25) is 0 Å². The Kier molecular flexibility index (Phi) is 5.52. The number of esters is 1. The first-order valence-corrected chi connectivity index (χ1v) is 8.62. The molecule has 6 heteroatoms. The van der Waals surface area contributed by atoms with Gasteiger partial charge in [0.1, 0.15) is 9.88 Å². The number of nitrogen functional groups attached to an aromatic ring is 1. The minimum atomic E-state index is -0.358. The Hall–Kier alpha value is -1.66. The minimum Gasteiger partial charge on any atom is -0.462 e. The normalized spacial score (nSPS) is 10.4. The quantitative estimate of drug-likeness (QED) is 0.625. The zero-order valence-electron chi connectivity index (χ0n) is 12.0. The third kappa shape index (κ3) is 3.71. The second kappa shape index (κ2) is 7.38. The van der Waals surface area contributed by atoms with Crippen LogP contribution in [0, 0.1) is 0 Å². The molecule has 2 rings (SSSR count). The molecule has 21 heavy (non-hydrogen) atoms. The van der Waals surface area contributed by atoms with Gasteiger partial charge in [0.05, 0.1) is 17.2 Å². The first kappa shape index (κ1) is 15.7. The van der Waals surface area contributed by atoms with E-state index in [0.717, 1.165) is 9.90 Å². The molecule has 0 amide bonds. The largest absolute Gasteiger partial charge is 0.462 e. The van der Waals surface area contributed by atoms with Gasteiger partial charge in [0, 0.05) is 6.54 Å². The van der Waals surface area contributed by atoms with Crippen LogP contribution in [0.3, 0.4) is 0 Å². The molecule has 0 saturated heterocycles. The molecule has 0 unspecified atom stereocenters. The lowest BCUT2D eigenvalue weighted by Crippen LogP contribution is -2.04. The third-order valence-corrected chi connectivity index (χ3v) is 4.97. The molecule has 0 spiro atoms. The fourth-order valence-corrected chi connectivity index (χ4v) is 3.80. The van der Waals surface area contributed by atoms with E-state index in [-0.39, 0.29) is 5.97 Å². The minimum absolute atomic E-state index is 0.345. The average molecular weight is 322 g/mol. The van der Waals surface area contributed by atoms with Crippen molar-refractivity contribution in [1.29, 1.82) is 0 Å². The van der Waals surface area contributed by atoms with Gasteiger partial charge in [0.15, 0.2) is 0 Å². The van der Waals surface area contributed by atoms with E-state index in [1.807, 2.05) is 24.5 Å². The maximum Gasteiger partial charge on any atom is 0.350 e. The molecule has 0 atom stereocenters. The van der Waals surface area contributed by atoms with E-state index in [1.54, 1.807) is 6.92 Å². The predicted molar refractivity (Wildman–Crippen MR) is 90.2 cm³/mol. The van der Waals surface area contributed by atoms with Gasteiger partial charge in [-0.15, -0.1) is 23.1 Å². The number of carbonyl (C=O) groups excluding carboxylic acids is 1. The summed E-state index contributed by atoms with van der Waals surface area (Å²) >= 11 is 2.88. The second-order valence-corrected chi connectivity index (χ2v) is 6.10. The van der Waals surface area contributed by atoms with Gasteiger partial charge in [-0.3, -0.25) is 0 Å². The lowest BCUT2D eigenvalue weighted by atomic mass is 10.2. The highest BCUT2D eigenvalue weighted by atomic mass is 32.2. The summed E-state index contributed by atoms with van der Waals surface area (Å²) in [5.41, 5.74) is 7.74. The predicted octanol–water partition coefficient (Wildman–Crippen LogP) is 3.84. The van der Waals surface area contributed by atoms with Gasteiger partial charge in [-0.2, -0.15) is 0 Å². The lowest BCUT2D eigenvalue weighted by molar-refractivity contribution is 0.0533. The number of hydrogen-bond acceptors (Lipinski definition) is 6. The fraction of sp³-hybridized carbons (Fsp3) is 0.267. The van der Waals surface area contributed by atoms with Gasteiger partial charge in [-0.1, -0.05) is 30.3 Å². The highest BCUT2D eigenvalue weighted by Gasteiger charge is 2.21. The number of thiophene rings is 1. The van der Waals surface area contributed by atoms with Gasteiger partial charge < -0.3 is 15.8 Å². The van der Waals surface area contributed by atoms with Crippen LogP contribution in [0.4, 0.5) is 10.7 Å². The van der Waals surface area contributed by atoms with Crippen molar-refractivity contribution >= 4 is 39.8 Å². The van der Waals surface area contributed by atoms with Crippen molar-refractivity contribution in [2.45, 2.75) is 18.4 Å². The zero-order valence-corrected chi connectivity index (χ0v) is 13.6. The highest BCUT2D eigenvalue weighted by Crippen LogP contribution is 2.42. The molecule has 1 aromatic heterocycles. The van der Waals surface area contributed by atoms with Crippen molar-refractivity contribution < 1.29 is 9.53 Å². The van der Waals surface area contributed by atoms with Crippen molar-refractivity contribution in [3.8, 4) is 0 Å². The number of carbonyl (C=O) groups is 1. The van der Waals surface area contributed by atoms with E-state index in [2.05, 4.69) is 17.4 Å². The average Bonchev–Trinajstić information content (AvgIpc) is 2.82. The number of thioether (sulfide) groups is 1. The van der Waals surface area contributed by atoms with E-state index >= 15 is 0 Å². The number of benzene rings is 1. The monoisotopic (exact) mass is 322 g/mol. The fourth-order valence-electron chi connectivity index (χ4n) is 1.87. The molecular weight excluding hydrogens is 304 g/mol. The van der Waals surface area contributed by atoms with E-state index in [0.29, 0.717) is 23.7 Å². The van der Waals surface area contributed by atoms with Gasteiger partial charge >= 0.3 is 5.97 Å². The molecule has 0 fully saturated rings. The standard InChI is InChI=1S/C15H18N2O2S2/c1-3-19-15(18)13-11(16)12(20-2)14(21-13)17-9-10-7-5-4-6-8-10/h4-8,17H,3,9,16H2,1-2H3. The van der Waals surface area contributed by atoms with Crippen molar-refractivity contribution in [3.63, 3.8) is 0 Å². The van der Waals surface area contributed by atoms with Crippen molar-refractivity contribution in [2.75, 3.05) is 23.9 Å².